The fourth-order valence-corrected chi connectivity index (χ4v) is 3.30. The molecule has 0 bridgehead atoms. The fraction of sp³-hybridized carbons (Fsp3) is 0.769. The van der Waals surface area contributed by atoms with Crippen molar-refractivity contribution in [1.29, 1.82) is 0 Å². The molecule has 2 fully saturated rings. The van der Waals surface area contributed by atoms with Crippen LogP contribution in [0.15, 0.2) is 0 Å². The van der Waals surface area contributed by atoms with Gasteiger partial charge in [0.05, 0.1) is 0 Å². The van der Waals surface area contributed by atoms with Crippen LogP contribution in [0, 0.1) is 0 Å². The largest absolute Gasteiger partial charge is 0.357 e. The predicted molar refractivity (Wildman–Crippen MR) is 80.4 cm³/mol. The first kappa shape index (κ1) is 13.8. The van der Waals surface area contributed by atoms with E-state index in [1.54, 1.807) is 7.05 Å². The third-order valence-corrected chi connectivity index (χ3v) is 4.43. The molecule has 1 aromatic heterocycles. The van der Waals surface area contributed by atoms with Gasteiger partial charge in [-0.05, 0) is 24.4 Å². The minimum absolute atomic E-state index is 0.248. The molecule has 1 saturated carbocycles. The van der Waals surface area contributed by atoms with E-state index in [-0.39, 0.29) is 5.28 Å². The van der Waals surface area contributed by atoms with Crippen molar-refractivity contribution in [2.24, 2.45) is 0 Å². The van der Waals surface area contributed by atoms with Crippen molar-refractivity contribution in [2.75, 3.05) is 43.4 Å². The van der Waals surface area contributed by atoms with E-state index in [9.17, 15) is 0 Å². The summed E-state index contributed by atoms with van der Waals surface area (Å²) in [5.74, 6) is 1.21. The molecule has 2 aliphatic rings. The average Bonchev–Trinajstić information content (AvgIpc) is 3.01. The van der Waals surface area contributed by atoms with Crippen molar-refractivity contribution in [1.82, 2.24) is 19.9 Å². The van der Waals surface area contributed by atoms with E-state index in [0.29, 0.717) is 11.9 Å². The molecule has 1 saturated heterocycles. The number of anilines is 2. The van der Waals surface area contributed by atoms with E-state index in [2.05, 4.69) is 30.1 Å². The second-order valence-electron chi connectivity index (χ2n) is 5.44. The van der Waals surface area contributed by atoms with Gasteiger partial charge in [-0.3, -0.25) is 4.90 Å². The molecule has 20 heavy (non-hydrogen) atoms. The first-order valence-corrected chi connectivity index (χ1v) is 7.72. The quantitative estimate of drug-likeness (QED) is 0.915. The molecule has 1 aliphatic heterocycles. The predicted octanol–water partition coefficient (Wildman–Crippen LogP) is 1.63. The van der Waals surface area contributed by atoms with Crippen LogP contribution < -0.4 is 10.2 Å². The third-order valence-electron chi connectivity index (χ3n) is 4.26. The standard InChI is InChI=1S/C13H21ClN6/c1-15-12-16-11(14)17-13(18-12)20-8-6-19(7-9-20)10-4-2-3-5-10/h10H,2-9H2,1H3,(H,15,16,17,18). The molecule has 2 heterocycles. The highest BCUT2D eigenvalue weighted by Crippen LogP contribution is 2.25. The minimum Gasteiger partial charge on any atom is -0.357 e. The van der Waals surface area contributed by atoms with Crippen molar-refractivity contribution in [3.63, 3.8) is 0 Å². The van der Waals surface area contributed by atoms with Crippen molar-refractivity contribution < 1.29 is 0 Å². The monoisotopic (exact) mass is 296 g/mol. The van der Waals surface area contributed by atoms with Gasteiger partial charge in [0, 0.05) is 39.3 Å². The molecule has 0 spiro atoms. The van der Waals surface area contributed by atoms with Crippen molar-refractivity contribution in [3.05, 3.63) is 5.28 Å². The van der Waals surface area contributed by atoms with Crippen LogP contribution in [0.25, 0.3) is 0 Å². The van der Waals surface area contributed by atoms with Gasteiger partial charge in [0.2, 0.25) is 17.2 Å². The Bertz CT molecular complexity index is 454. The minimum atomic E-state index is 0.248. The molecule has 1 aliphatic carbocycles. The summed E-state index contributed by atoms with van der Waals surface area (Å²) in [4.78, 5) is 17.5. The molecule has 1 aromatic rings. The molecule has 1 N–H and O–H groups in total. The SMILES string of the molecule is CNc1nc(Cl)nc(N2CCN(C3CCCC3)CC2)n1. The van der Waals surface area contributed by atoms with E-state index in [1.807, 2.05) is 0 Å². The number of piperazine rings is 1. The zero-order valence-corrected chi connectivity index (χ0v) is 12.6. The van der Waals surface area contributed by atoms with Crippen LogP contribution in [0.1, 0.15) is 25.7 Å². The second kappa shape index (κ2) is 6.10. The van der Waals surface area contributed by atoms with E-state index >= 15 is 0 Å². The lowest BCUT2D eigenvalue weighted by Gasteiger charge is -2.38. The Morgan fingerprint density at radius 3 is 2.40 bits per heavy atom. The number of hydrogen-bond acceptors (Lipinski definition) is 6. The molecule has 0 radical (unpaired) electrons. The van der Waals surface area contributed by atoms with E-state index in [4.69, 9.17) is 11.6 Å². The third kappa shape index (κ3) is 2.96. The summed E-state index contributed by atoms with van der Waals surface area (Å²) in [7, 11) is 1.79. The Labute approximate surface area is 124 Å². The fourth-order valence-electron chi connectivity index (χ4n) is 3.15. The Morgan fingerprint density at radius 2 is 1.75 bits per heavy atom. The lowest BCUT2D eigenvalue weighted by atomic mass is 10.2. The molecule has 3 rings (SSSR count). The first-order valence-electron chi connectivity index (χ1n) is 7.34. The topological polar surface area (TPSA) is 57.2 Å². The highest BCUT2D eigenvalue weighted by atomic mass is 35.5. The number of aromatic nitrogens is 3. The van der Waals surface area contributed by atoms with Gasteiger partial charge in [0.1, 0.15) is 0 Å². The Balaban J connectivity index is 1.64. The van der Waals surface area contributed by atoms with E-state index in [1.165, 1.54) is 25.7 Å². The van der Waals surface area contributed by atoms with Crippen molar-refractivity contribution in [2.45, 2.75) is 31.7 Å². The lowest BCUT2D eigenvalue weighted by molar-refractivity contribution is 0.187. The Kier molecular flexibility index (Phi) is 4.21. The average molecular weight is 297 g/mol. The van der Waals surface area contributed by atoms with Gasteiger partial charge in [-0.25, -0.2) is 0 Å². The second-order valence-corrected chi connectivity index (χ2v) is 5.78. The maximum absolute atomic E-state index is 5.94. The smallest absolute Gasteiger partial charge is 0.231 e. The number of nitrogens with one attached hydrogen (secondary N) is 1. The number of nitrogens with zero attached hydrogens (tertiary/aromatic N) is 5. The Hall–Kier alpha value is -1.14. The summed E-state index contributed by atoms with van der Waals surface area (Å²) in [6.07, 6.45) is 5.50. The molecule has 110 valence electrons. The van der Waals surface area contributed by atoms with Crippen LogP contribution in [-0.4, -0.2) is 59.1 Å². The van der Waals surface area contributed by atoms with Gasteiger partial charge in [0.25, 0.3) is 0 Å². The highest BCUT2D eigenvalue weighted by molar-refractivity contribution is 6.28. The summed E-state index contributed by atoms with van der Waals surface area (Å²) < 4.78 is 0. The zero-order chi connectivity index (χ0) is 13.9. The van der Waals surface area contributed by atoms with Gasteiger partial charge in [-0.2, -0.15) is 15.0 Å². The molecule has 0 aromatic carbocycles. The molecule has 0 unspecified atom stereocenters. The van der Waals surface area contributed by atoms with Crippen molar-refractivity contribution >= 4 is 23.5 Å². The van der Waals surface area contributed by atoms with Crippen LogP contribution in [0.3, 0.4) is 0 Å². The summed E-state index contributed by atoms with van der Waals surface area (Å²) in [5, 5.41) is 3.16. The molecular formula is C13H21ClN6. The van der Waals surface area contributed by atoms with Crippen molar-refractivity contribution in [3.8, 4) is 0 Å². The van der Waals surface area contributed by atoms with E-state index in [0.717, 1.165) is 32.2 Å². The lowest BCUT2D eigenvalue weighted by Crippen LogP contribution is -2.50. The van der Waals surface area contributed by atoms with Crippen LogP contribution in [0.4, 0.5) is 11.9 Å². The zero-order valence-electron chi connectivity index (χ0n) is 11.8. The number of halogens is 1. The van der Waals surface area contributed by atoms with Gasteiger partial charge >= 0.3 is 0 Å². The van der Waals surface area contributed by atoms with E-state index < -0.39 is 0 Å². The molecule has 6 nitrogen and oxygen atoms in total. The molecule has 7 heteroatoms. The highest BCUT2D eigenvalue weighted by Gasteiger charge is 2.27. The normalized spacial score (nSPS) is 21.4. The molecular weight excluding hydrogens is 276 g/mol. The molecule has 0 atom stereocenters. The van der Waals surface area contributed by atoms with Crippen LogP contribution >= 0.6 is 11.6 Å². The van der Waals surface area contributed by atoms with Gasteiger partial charge < -0.3 is 10.2 Å². The number of hydrogen-bond donors (Lipinski definition) is 1. The van der Waals surface area contributed by atoms with Gasteiger partial charge in [-0.15, -0.1) is 0 Å². The van der Waals surface area contributed by atoms with Crippen LogP contribution in [0.2, 0.25) is 5.28 Å². The first-order chi connectivity index (χ1) is 9.76. The Morgan fingerprint density at radius 1 is 1.05 bits per heavy atom. The summed E-state index contributed by atoms with van der Waals surface area (Å²) in [6.45, 7) is 4.09. The maximum atomic E-state index is 5.94. The summed E-state index contributed by atoms with van der Waals surface area (Å²) in [5.41, 5.74) is 0. The van der Waals surface area contributed by atoms with Crippen LogP contribution in [-0.2, 0) is 0 Å². The summed E-state index contributed by atoms with van der Waals surface area (Å²) in [6, 6.07) is 0.798. The van der Waals surface area contributed by atoms with Gasteiger partial charge in [-0.1, -0.05) is 12.8 Å². The van der Waals surface area contributed by atoms with Gasteiger partial charge in [0.15, 0.2) is 0 Å². The number of rotatable bonds is 3. The summed E-state index contributed by atoms with van der Waals surface area (Å²) >= 11 is 5.94. The maximum Gasteiger partial charge on any atom is 0.231 e. The van der Waals surface area contributed by atoms with Crippen LogP contribution in [0.5, 0.6) is 0 Å². The molecule has 0 amide bonds.